The van der Waals surface area contributed by atoms with Crippen LogP contribution in [0.15, 0.2) is 16.7 Å². The Morgan fingerprint density at radius 1 is 1.39 bits per heavy atom. The van der Waals surface area contributed by atoms with Crippen LogP contribution in [-0.4, -0.2) is 40.2 Å². The fraction of sp³-hybridized carbons (Fsp3) is 0.615. The van der Waals surface area contributed by atoms with Gasteiger partial charge in [-0.05, 0) is 34.8 Å². The van der Waals surface area contributed by atoms with Crippen LogP contribution in [0, 0.1) is 0 Å². The molecule has 1 amide bonds. The van der Waals surface area contributed by atoms with Crippen LogP contribution in [0.4, 0.5) is 0 Å². The molecular weight excluding hydrogens is 296 g/mol. The van der Waals surface area contributed by atoms with Crippen LogP contribution < -0.4 is 0 Å². The number of hydrogen-bond donors (Lipinski definition) is 1. The van der Waals surface area contributed by atoms with Crippen LogP contribution >= 0.6 is 15.9 Å². The number of amides is 1. The molecule has 0 bridgehead atoms. The second-order valence-corrected chi connectivity index (χ2v) is 5.17. The number of aryl methyl sites for hydroxylation is 1. The lowest BCUT2D eigenvalue weighted by atomic mass is 10.3. The highest BCUT2D eigenvalue weighted by Crippen LogP contribution is 2.17. The van der Waals surface area contributed by atoms with Gasteiger partial charge in [0.15, 0.2) is 0 Å². The van der Waals surface area contributed by atoms with Crippen molar-refractivity contribution in [2.45, 2.75) is 33.2 Å². The van der Waals surface area contributed by atoms with Gasteiger partial charge in [-0.2, -0.15) is 0 Å². The van der Waals surface area contributed by atoms with Gasteiger partial charge in [0, 0.05) is 30.3 Å². The van der Waals surface area contributed by atoms with E-state index >= 15 is 0 Å². The summed E-state index contributed by atoms with van der Waals surface area (Å²) in [5.74, 6) is -0.00921. The zero-order valence-electron chi connectivity index (χ0n) is 11.0. The normalized spacial score (nSPS) is 10.7. The second-order valence-electron chi connectivity index (χ2n) is 4.25. The fourth-order valence-electron chi connectivity index (χ4n) is 1.95. The predicted octanol–water partition coefficient (Wildman–Crippen LogP) is 2.51. The molecule has 0 saturated carbocycles. The Hall–Kier alpha value is -0.810. The summed E-state index contributed by atoms with van der Waals surface area (Å²) in [4.78, 5) is 14.1. The summed E-state index contributed by atoms with van der Waals surface area (Å²) in [7, 11) is 0. The van der Waals surface area contributed by atoms with E-state index in [0.717, 1.165) is 23.9 Å². The number of nitrogens with zero attached hydrogens (tertiary/aromatic N) is 2. The molecule has 0 aliphatic carbocycles. The monoisotopic (exact) mass is 316 g/mol. The predicted molar refractivity (Wildman–Crippen MR) is 75.7 cm³/mol. The Morgan fingerprint density at radius 3 is 2.67 bits per heavy atom. The summed E-state index contributed by atoms with van der Waals surface area (Å²) in [5, 5.41) is 9.03. The van der Waals surface area contributed by atoms with Gasteiger partial charge in [0.1, 0.15) is 5.69 Å². The maximum atomic E-state index is 12.4. The summed E-state index contributed by atoms with van der Waals surface area (Å²) in [6.07, 6.45) is 3.80. The van der Waals surface area contributed by atoms with E-state index in [4.69, 9.17) is 5.11 Å². The molecular formula is C13H21BrN2O2. The minimum atomic E-state index is -0.00921. The molecule has 0 aliphatic rings. The third kappa shape index (κ3) is 3.85. The van der Waals surface area contributed by atoms with E-state index < -0.39 is 0 Å². The van der Waals surface area contributed by atoms with Crippen molar-refractivity contribution in [1.29, 1.82) is 0 Å². The molecule has 1 N–H and O–H groups in total. The average molecular weight is 317 g/mol. The van der Waals surface area contributed by atoms with Gasteiger partial charge >= 0.3 is 0 Å². The summed E-state index contributed by atoms with van der Waals surface area (Å²) < 4.78 is 2.88. The molecule has 0 radical (unpaired) electrons. The Labute approximate surface area is 117 Å². The minimum Gasteiger partial charge on any atom is -0.395 e. The van der Waals surface area contributed by atoms with E-state index in [-0.39, 0.29) is 12.5 Å². The van der Waals surface area contributed by atoms with Crippen molar-refractivity contribution < 1.29 is 9.90 Å². The highest BCUT2D eigenvalue weighted by atomic mass is 79.9. The first-order valence-corrected chi connectivity index (χ1v) is 7.19. The molecule has 0 atom stereocenters. The van der Waals surface area contributed by atoms with Gasteiger partial charge < -0.3 is 14.6 Å². The van der Waals surface area contributed by atoms with Crippen LogP contribution in [0.25, 0.3) is 0 Å². The molecule has 0 spiro atoms. The molecule has 102 valence electrons. The fourth-order valence-corrected chi connectivity index (χ4v) is 2.41. The van der Waals surface area contributed by atoms with Crippen molar-refractivity contribution in [2.24, 2.45) is 0 Å². The maximum absolute atomic E-state index is 12.4. The second kappa shape index (κ2) is 7.59. The van der Waals surface area contributed by atoms with E-state index in [9.17, 15) is 4.79 Å². The number of aromatic nitrogens is 1. The van der Waals surface area contributed by atoms with Gasteiger partial charge in [-0.15, -0.1) is 0 Å². The SMILES string of the molecule is CCCN(CCO)C(=O)c1cc(Br)cn1CCC. The molecule has 1 aromatic heterocycles. The molecule has 0 saturated heterocycles. The Bertz CT molecular complexity index is 384. The smallest absolute Gasteiger partial charge is 0.270 e. The van der Waals surface area contributed by atoms with Crippen LogP contribution in [0.5, 0.6) is 0 Å². The van der Waals surface area contributed by atoms with Crippen LogP contribution in [0.2, 0.25) is 0 Å². The molecule has 4 nitrogen and oxygen atoms in total. The Kier molecular flexibility index (Phi) is 6.43. The van der Waals surface area contributed by atoms with Gasteiger partial charge in [-0.3, -0.25) is 4.79 Å². The van der Waals surface area contributed by atoms with Gasteiger partial charge in [0.05, 0.1) is 6.61 Å². The first-order valence-electron chi connectivity index (χ1n) is 6.39. The highest BCUT2D eigenvalue weighted by molar-refractivity contribution is 9.10. The van der Waals surface area contributed by atoms with Gasteiger partial charge in [-0.25, -0.2) is 0 Å². The summed E-state index contributed by atoms with van der Waals surface area (Å²) in [5.41, 5.74) is 0.686. The van der Waals surface area contributed by atoms with E-state index in [0.29, 0.717) is 18.8 Å². The van der Waals surface area contributed by atoms with Gasteiger partial charge in [0.25, 0.3) is 5.91 Å². The lowest BCUT2D eigenvalue weighted by Crippen LogP contribution is -2.35. The number of halogens is 1. The first-order chi connectivity index (χ1) is 8.63. The lowest BCUT2D eigenvalue weighted by Gasteiger charge is -2.21. The Morgan fingerprint density at radius 2 is 2.11 bits per heavy atom. The van der Waals surface area contributed by atoms with Gasteiger partial charge in [0.2, 0.25) is 0 Å². The number of rotatable bonds is 7. The van der Waals surface area contributed by atoms with Crippen molar-refractivity contribution in [3.63, 3.8) is 0 Å². The van der Waals surface area contributed by atoms with Crippen LogP contribution in [0.1, 0.15) is 37.2 Å². The highest BCUT2D eigenvalue weighted by Gasteiger charge is 2.18. The molecule has 0 unspecified atom stereocenters. The summed E-state index contributed by atoms with van der Waals surface area (Å²) in [6, 6.07) is 1.85. The number of carbonyl (C=O) groups excluding carboxylic acids is 1. The number of aliphatic hydroxyl groups excluding tert-OH is 1. The van der Waals surface area contributed by atoms with Gasteiger partial charge in [-0.1, -0.05) is 13.8 Å². The van der Waals surface area contributed by atoms with Crippen molar-refractivity contribution in [3.8, 4) is 0 Å². The third-order valence-corrected chi connectivity index (χ3v) is 3.13. The molecule has 1 rings (SSSR count). The van der Waals surface area contributed by atoms with Crippen LogP contribution in [0.3, 0.4) is 0 Å². The zero-order chi connectivity index (χ0) is 13.5. The zero-order valence-corrected chi connectivity index (χ0v) is 12.6. The summed E-state index contributed by atoms with van der Waals surface area (Å²) >= 11 is 3.41. The van der Waals surface area contributed by atoms with E-state index in [1.54, 1.807) is 4.90 Å². The van der Waals surface area contributed by atoms with Crippen LogP contribution in [-0.2, 0) is 6.54 Å². The topological polar surface area (TPSA) is 45.5 Å². The maximum Gasteiger partial charge on any atom is 0.270 e. The third-order valence-electron chi connectivity index (χ3n) is 2.70. The van der Waals surface area contributed by atoms with E-state index in [1.807, 2.05) is 23.8 Å². The molecule has 18 heavy (non-hydrogen) atoms. The standard InChI is InChI=1S/C13H21BrN2O2/c1-3-5-15(7-8-17)13(18)12-9-11(14)10-16(12)6-4-2/h9-10,17H,3-8H2,1-2H3. The molecule has 5 heteroatoms. The van der Waals surface area contributed by atoms with Crippen molar-refractivity contribution in [1.82, 2.24) is 9.47 Å². The van der Waals surface area contributed by atoms with Crippen molar-refractivity contribution >= 4 is 21.8 Å². The van der Waals surface area contributed by atoms with E-state index in [2.05, 4.69) is 22.9 Å². The number of hydrogen-bond acceptors (Lipinski definition) is 2. The molecule has 0 aliphatic heterocycles. The first kappa shape index (κ1) is 15.2. The Balaban J connectivity index is 2.92. The minimum absolute atomic E-state index is 0.00138. The summed E-state index contributed by atoms with van der Waals surface area (Å²) in [6.45, 7) is 6.00. The lowest BCUT2D eigenvalue weighted by molar-refractivity contribution is 0.0711. The quantitative estimate of drug-likeness (QED) is 0.840. The number of carbonyl (C=O) groups is 1. The molecule has 1 heterocycles. The molecule has 0 fully saturated rings. The van der Waals surface area contributed by atoms with Crippen molar-refractivity contribution in [3.05, 3.63) is 22.4 Å². The largest absolute Gasteiger partial charge is 0.395 e. The average Bonchev–Trinajstić information content (AvgIpc) is 2.70. The molecule has 1 aromatic rings. The number of aliphatic hydroxyl groups is 1. The molecule has 0 aromatic carbocycles. The van der Waals surface area contributed by atoms with E-state index in [1.165, 1.54) is 0 Å². The van der Waals surface area contributed by atoms with Crippen molar-refractivity contribution in [2.75, 3.05) is 19.7 Å².